The summed E-state index contributed by atoms with van der Waals surface area (Å²) in [5.74, 6) is -3.02. The highest BCUT2D eigenvalue weighted by molar-refractivity contribution is 7.96. The van der Waals surface area contributed by atoms with Crippen LogP contribution in [0, 0.1) is 5.92 Å². The normalized spacial score (nSPS) is 16.3. The van der Waals surface area contributed by atoms with E-state index in [1.807, 2.05) is 118 Å². The summed E-state index contributed by atoms with van der Waals surface area (Å²) in [6, 6.07) is 39.2. The minimum atomic E-state index is -3.24. The number of rotatable bonds is 13. The molecule has 270 valence electrons. The van der Waals surface area contributed by atoms with Gasteiger partial charge in [-0.2, -0.15) is 0 Å². The number of ketones is 1. The number of anilines is 1. The second-order valence-electron chi connectivity index (χ2n) is 13.9. The second kappa shape index (κ2) is 15.7. The van der Waals surface area contributed by atoms with Gasteiger partial charge in [-0.15, -0.1) is 0 Å². The molecule has 1 aliphatic heterocycles. The molecule has 0 bridgehead atoms. The maximum atomic E-state index is 14.6. The number of Topliss-reactive ketones (excluding diaryl/α,β-unsaturated/α-hetero) is 1. The zero-order chi connectivity index (χ0) is 37.8. The average Bonchev–Trinajstić information content (AvgIpc) is 3.15. The Labute approximate surface area is 310 Å². The van der Waals surface area contributed by atoms with Crippen LogP contribution in [0.15, 0.2) is 140 Å². The summed E-state index contributed by atoms with van der Waals surface area (Å²) in [4.78, 5) is 60.8. The number of carboxylic acids is 1. The zero-order valence-corrected chi connectivity index (χ0v) is 31.9. The fourth-order valence-corrected chi connectivity index (χ4v) is 12.7. The van der Waals surface area contributed by atoms with Crippen molar-refractivity contribution in [2.75, 3.05) is 5.32 Å². The number of aromatic nitrogens is 1. The van der Waals surface area contributed by atoms with E-state index in [2.05, 4.69) is 10.3 Å². The number of hydrogen-bond acceptors (Lipinski definition) is 6. The third-order valence-electron chi connectivity index (χ3n) is 9.24. The van der Waals surface area contributed by atoms with Gasteiger partial charge in [0.15, 0.2) is 14.1 Å². The minimum absolute atomic E-state index is 0.0482. The van der Waals surface area contributed by atoms with E-state index in [-0.39, 0.29) is 35.1 Å². The Kier molecular flexibility index (Phi) is 11.0. The Hall–Kier alpha value is -5.41. The second-order valence-corrected chi connectivity index (χ2v) is 21.7. The maximum Gasteiger partial charge on any atom is 0.353 e. The van der Waals surface area contributed by atoms with Crippen LogP contribution in [0.4, 0.5) is 5.69 Å². The number of amides is 2. The smallest absolute Gasteiger partial charge is 0.353 e. The third kappa shape index (κ3) is 7.71. The Morgan fingerprint density at radius 3 is 1.75 bits per heavy atom. The zero-order valence-electron chi connectivity index (χ0n) is 30.0. The van der Waals surface area contributed by atoms with Crippen molar-refractivity contribution >= 4 is 65.8 Å². The molecule has 1 saturated heterocycles. The van der Waals surface area contributed by atoms with Crippen molar-refractivity contribution in [3.63, 3.8) is 0 Å². The van der Waals surface area contributed by atoms with E-state index in [4.69, 9.17) is 4.43 Å². The van der Waals surface area contributed by atoms with Gasteiger partial charge in [-0.3, -0.25) is 19.4 Å². The van der Waals surface area contributed by atoms with E-state index in [9.17, 15) is 24.3 Å². The Bertz CT molecular complexity index is 2060. The SMILES string of the molecule is C[C@@H](O[Si](C)(C)C)[C@H]1C(=O)N(C(C(=O)O)=P(c2ccccc2)(c2ccccc2)c2ccccc2)[C@@H]1CC(=O)c1ccc(NC(=O)c2ccccn2)cc1. The molecule has 3 atom stereocenters. The number of carbonyl (C=O) groups excluding carboxylic acids is 3. The van der Waals surface area contributed by atoms with Crippen molar-refractivity contribution < 1.29 is 28.7 Å². The molecule has 9 nitrogen and oxygen atoms in total. The molecule has 0 saturated carbocycles. The molecule has 1 aliphatic rings. The van der Waals surface area contributed by atoms with Crippen LogP contribution in [0.2, 0.25) is 19.6 Å². The van der Waals surface area contributed by atoms with Gasteiger partial charge in [-0.1, -0.05) is 97.1 Å². The monoisotopic (exact) mass is 743 g/mol. The number of β-lactam (4-membered cyclic amide) rings is 1. The van der Waals surface area contributed by atoms with Gasteiger partial charge in [-0.25, -0.2) is 4.79 Å². The molecule has 0 radical (unpaired) electrons. The number of nitrogens with zero attached hydrogens (tertiary/aromatic N) is 2. The van der Waals surface area contributed by atoms with Gasteiger partial charge in [0.05, 0.1) is 18.1 Å². The predicted octanol–water partition coefficient (Wildman–Crippen LogP) is 6.18. The van der Waals surface area contributed by atoms with E-state index >= 15 is 0 Å². The standard InChI is InChI=1S/C42H42N3O6PSi/c1-29(51-53(2,3)4)38-36(28-37(46)30-23-25-31(26-24-30)44-39(47)35-22-14-15-27-43-35)45(40(38)48)41(42(49)50)52(32-16-8-5-9-17-32,33-18-10-6-11-19-33)34-20-12-7-13-21-34/h5-27,29,36,38H,28H2,1-4H3,(H,44,47)(H,49,50)/t29-,36-,38-/m1/s1. The first kappa shape index (κ1) is 37.3. The van der Waals surface area contributed by atoms with Crippen LogP contribution in [0.5, 0.6) is 0 Å². The summed E-state index contributed by atoms with van der Waals surface area (Å²) in [6.07, 6.45) is 0.845. The highest BCUT2D eigenvalue weighted by Gasteiger charge is 2.56. The molecule has 4 aromatic carbocycles. The Morgan fingerprint density at radius 2 is 1.30 bits per heavy atom. The number of carbonyl (C=O) groups is 4. The summed E-state index contributed by atoms with van der Waals surface area (Å²) in [7, 11) is -2.15. The molecule has 6 rings (SSSR count). The summed E-state index contributed by atoms with van der Waals surface area (Å²) in [6.45, 7) is 4.69. The van der Waals surface area contributed by atoms with Gasteiger partial charge < -0.3 is 19.7 Å². The van der Waals surface area contributed by atoms with Crippen LogP contribution in [0.3, 0.4) is 0 Å². The highest BCUT2D eigenvalue weighted by atomic mass is 31.2. The lowest BCUT2D eigenvalue weighted by Gasteiger charge is -2.51. The molecule has 1 aromatic heterocycles. The molecule has 2 amide bonds. The molecule has 2 heterocycles. The number of benzene rings is 4. The highest BCUT2D eigenvalue weighted by Crippen LogP contribution is 2.50. The molecule has 0 unspecified atom stereocenters. The quantitative estimate of drug-likeness (QED) is 0.0639. The van der Waals surface area contributed by atoms with Gasteiger partial charge in [0.25, 0.3) is 5.91 Å². The lowest BCUT2D eigenvalue weighted by atomic mass is 9.79. The van der Waals surface area contributed by atoms with E-state index < -0.39 is 39.2 Å². The minimum Gasteiger partial charge on any atom is -0.477 e. The molecule has 11 heteroatoms. The van der Waals surface area contributed by atoms with Gasteiger partial charge in [0.2, 0.25) is 5.91 Å². The first-order valence-electron chi connectivity index (χ1n) is 17.4. The van der Waals surface area contributed by atoms with Crippen molar-refractivity contribution in [3.05, 3.63) is 151 Å². The van der Waals surface area contributed by atoms with Gasteiger partial charge >= 0.3 is 5.97 Å². The van der Waals surface area contributed by atoms with E-state index in [1.165, 1.54) is 11.1 Å². The molecule has 0 aliphatic carbocycles. The molecular formula is C42H42N3O6PSi. The van der Waals surface area contributed by atoms with Crippen LogP contribution in [-0.4, -0.2) is 64.4 Å². The molecule has 5 aromatic rings. The summed E-state index contributed by atoms with van der Waals surface area (Å²) >= 11 is 0. The van der Waals surface area contributed by atoms with Gasteiger partial charge in [0, 0.05) is 30.8 Å². The molecule has 1 fully saturated rings. The largest absolute Gasteiger partial charge is 0.477 e. The lowest BCUT2D eigenvalue weighted by molar-refractivity contribution is -0.155. The topological polar surface area (TPSA) is 126 Å². The Morgan fingerprint density at radius 1 is 0.792 bits per heavy atom. The third-order valence-corrected chi connectivity index (χ3v) is 14.6. The van der Waals surface area contributed by atoms with Crippen molar-refractivity contribution in [1.82, 2.24) is 9.88 Å². The summed E-state index contributed by atoms with van der Waals surface area (Å²) < 4.78 is 6.43. The van der Waals surface area contributed by atoms with Crippen molar-refractivity contribution in [2.45, 2.75) is 45.1 Å². The number of likely N-dealkylation sites (tertiary alicyclic amines) is 1. The number of pyridine rings is 1. The first-order chi connectivity index (χ1) is 25.4. The lowest BCUT2D eigenvalue weighted by Crippen LogP contribution is -2.69. The molecule has 0 spiro atoms. The first-order valence-corrected chi connectivity index (χ1v) is 22.6. The van der Waals surface area contributed by atoms with Crippen LogP contribution in [-0.2, 0) is 14.0 Å². The number of nitrogens with one attached hydrogen (secondary N) is 1. The number of hydrogen-bond donors (Lipinski definition) is 2. The van der Waals surface area contributed by atoms with E-state index in [1.54, 1.807) is 42.5 Å². The maximum absolute atomic E-state index is 14.6. The molecule has 53 heavy (non-hydrogen) atoms. The average molecular weight is 744 g/mol. The summed E-state index contributed by atoms with van der Waals surface area (Å²) in [5, 5.41) is 16.5. The number of carboxylic acid groups (broad SMARTS) is 1. The van der Waals surface area contributed by atoms with Crippen molar-refractivity contribution in [1.29, 1.82) is 0 Å². The van der Waals surface area contributed by atoms with Crippen LogP contribution in [0.1, 0.15) is 34.2 Å². The van der Waals surface area contributed by atoms with Gasteiger partial charge in [-0.05, 0) is 78.9 Å². The van der Waals surface area contributed by atoms with Crippen LogP contribution in [0.25, 0.3) is 0 Å². The van der Waals surface area contributed by atoms with E-state index in [0.717, 1.165) is 15.9 Å². The fraction of sp³-hybridized carbons (Fsp3) is 0.190. The summed E-state index contributed by atoms with van der Waals surface area (Å²) in [5.41, 5.74) is 1.06. The fourth-order valence-electron chi connectivity index (χ4n) is 7.11. The van der Waals surface area contributed by atoms with E-state index in [0.29, 0.717) is 11.3 Å². The molecule has 2 N–H and O–H groups in total. The van der Waals surface area contributed by atoms with Crippen LogP contribution >= 0.6 is 6.89 Å². The van der Waals surface area contributed by atoms with Crippen molar-refractivity contribution in [3.8, 4) is 0 Å². The number of aliphatic carboxylic acids is 1. The van der Waals surface area contributed by atoms with Crippen LogP contribution < -0.4 is 21.2 Å². The van der Waals surface area contributed by atoms with Gasteiger partial charge in [0.1, 0.15) is 11.1 Å². The Balaban J connectivity index is 1.47. The molecular weight excluding hydrogens is 702 g/mol. The van der Waals surface area contributed by atoms with Crippen molar-refractivity contribution in [2.24, 2.45) is 5.92 Å². The predicted molar refractivity (Wildman–Crippen MR) is 213 cm³/mol.